The quantitative estimate of drug-likeness (QED) is 0.0318. The first-order valence-corrected chi connectivity index (χ1v) is 21.6. The highest BCUT2D eigenvalue weighted by atomic mass is 32.2. The van der Waals surface area contributed by atoms with Crippen LogP contribution in [0.3, 0.4) is 0 Å². The van der Waals surface area contributed by atoms with Gasteiger partial charge < -0.3 is 9.47 Å². The Hall–Kier alpha value is -6.04. The predicted molar refractivity (Wildman–Crippen MR) is 216 cm³/mol. The number of ketones is 1. The minimum atomic E-state index is -6.13. The average Bonchev–Trinajstić information content (AvgIpc) is 3.23. The van der Waals surface area contributed by atoms with Gasteiger partial charge in [-0.2, -0.15) is 127 Å². The normalized spacial score (nSPS) is 13.3. The van der Waals surface area contributed by atoms with Crippen molar-refractivity contribution in [3.05, 3.63) is 128 Å². The Balaban J connectivity index is 0.000000724. The molecule has 31 heteroatoms. The molecule has 0 aromatic heterocycles. The molecular formula is C43H29BF24O5S. The van der Waals surface area contributed by atoms with Crippen molar-refractivity contribution in [3.63, 3.8) is 0 Å². The smallest absolute Gasteiger partial charge is 0.416 e. The number of rotatable bonds is 9. The first-order valence-electron chi connectivity index (χ1n) is 19.4. The molecule has 0 bridgehead atoms. The molecular weight excluding hydrogens is 1100 g/mol. The highest BCUT2D eigenvalue weighted by molar-refractivity contribution is 7.95. The van der Waals surface area contributed by atoms with E-state index in [4.69, 9.17) is 0 Å². The Labute approximate surface area is 402 Å². The maximum atomic E-state index is 14.2. The number of ether oxygens (including phenoxy) is 2. The van der Waals surface area contributed by atoms with E-state index < -0.39 is 207 Å². The third-order valence-electron chi connectivity index (χ3n) is 10.4. The van der Waals surface area contributed by atoms with Crippen molar-refractivity contribution in [2.45, 2.75) is 56.3 Å². The Morgan fingerprint density at radius 1 is 0.378 bits per heavy atom. The molecule has 0 heterocycles. The van der Waals surface area contributed by atoms with Crippen LogP contribution in [-0.2, 0) is 84.2 Å². The summed E-state index contributed by atoms with van der Waals surface area (Å²) >= 11 is 0. The van der Waals surface area contributed by atoms with Crippen LogP contribution in [0.1, 0.15) is 51.4 Å². The summed E-state index contributed by atoms with van der Waals surface area (Å²) in [7, 11) is 2.19. The van der Waals surface area contributed by atoms with Gasteiger partial charge in [0.15, 0.2) is 11.4 Å². The van der Waals surface area contributed by atoms with Crippen molar-refractivity contribution in [2.24, 2.45) is 0 Å². The van der Waals surface area contributed by atoms with Gasteiger partial charge in [0.05, 0.1) is 76.8 Å². The Bertz CT molecular complexity index is 2320. The minimum Gasteiger partial charge on any atom is -0.465 e. The Morgan fingerprint density at radius 2 is 0.554 bits per heavy atom. The van der Waals surface area contributed by atoms with Crippen molar-refractivity contribution in [1.29, 1.82) is 0 Å². The first-order chi connectivity index (χ1) is 33.1. The Morgan fingerprint density at radius 3 is 0.676 bits per heavy atom. The number of Topliss-reactive ketones (excluding diaryl/α,β-unsaturated/α-hetero) is 1. The van der Waals surface area contributed by atoms with Gasteiger partial charge in [0.1, 0.15) is 11.9 Å². The van der Waals surface area contributed by atoms with E-state index in [1.54, 1.807) is 0 Å². The molecule has 0 spiro atoms. The molecule has 0 saturated carbocycles. The number of alkyl halides is 24. The summed E-state index contributed by atoms with van der Waals surface area (Å²) in [5.41, 5.74) is -30.3. The summed E-state index contributed by atoms with van der Waals surface area (Å²) in [6.07, 6.45) is -51.0. The van der Waals surface area contributed by atoms with Crippen LogP contribution in [0.25, 0.3) is 0 Å². The zero-order chi connectivity index (χ0) is 57.5. The second-order valence-corrected chi connectivity index (χ2v) is 18.0. The Kier molecular flexibility index (Phi) is 17.9. The molecule has 4 aromatic rings. The number of esters is 2. The van der Waals surface area contributed by atoms with Gasteiger partial charge in [-0.05, 0) is 42.1 Å². The molecule has 4 rings (SSSR count). The molecule has 408 valence electrons. The zero-order valence-electron chi connectivity index (χ0n) is 37.2. The van der Waals surface area contributed by atoms with E-state index in [1.807, 2.05) is 12.5 Å². The molecule has 74 heavy (non-hydrogen) atoms. The molecule has 0 unspecified atom stereocenters. The molecule has 0 fully saturated rings. The molecule has 0 radical (unpaired) electrons. The number of methoxy groups -OCH3 is 2. The lowest BCUT2D eigenvalue weighted by molar-refractivity contribution is -0.145. The maximum Gasteiger partial charge on any atom is 0.416 e. The molecule has 4 aromatic carbocycles. The van der Waals surface area contributed by atoms with Crippen molar-refractivity contribution < 1.29 is 129 Å². The highest BCUT2D eigenvalue weighted by Gasteiger charge is 2.47. The van der Waals surface area contributed by atoms with E-state index in [0.717, 1.165) is 14.2 Å². The van der Waals surface area contributed by atoms with Gasteiger partial charge in [-0.3, -0.25) is 4.79 Å². The van der Waals surface area contributed by atoms with Crippen molar-refractivity contribution in [1.82, 2.24) is 0 Å². The lowest BCUT2D eigenvalue weighted by Crippen LogP contribution is -2.75. The fourth-order valence-corrected chi connectivity index (χ4v) is 8.17. The number of benzene rings is 4. The number of hydrogen-bond acceptors (Lipinski definition) is 5. The average molecular weight is 1120 g/mol. The third-order valence-corrected chi connectivity index (χ3v) is 11.2. The fourth-order valence-electron chi connectivity index (χ4n) is 7.24. The van der Waals surface area contributed by atoms with Crippen molar-refractivity contribution >= 4 is 56.6 Å². The van der Waals surface area contributed by atoms with Gasteiger partial charge in [-0.1, -0.05) is 48.5 Å². The van der Waals surface area contributed by atoms with Crippen LogP contribution in [0.5, 0.6) is 0 Å². The highest BCUT2D eigenvalue weighted by Crippen LogP contribution is 2.41. The topological polar surface area (TPSA) is 69.7 Å². The van der Waals surface area contributed by atoms with E-state index >= 15 is 0 Å². The van der Waals surface area contributed by atoms with Gasteiger partial charge in [-0.25, -0.2) is 9.59 Å². The van der Waals surface area contributed by atoms with Crippen LogP contribution in [0, 0.1) is 0 Å². The van der Waals surface area contributed by atoms with Gasteiger partial charge in [-0.15, -0.1) is 0 Å². The minimum absolute atomic E-state index is 0.118. The summed E-state index contributed by atoms with van der Waals surface area (Å²) in [5.74, 6) is -1.65. The van der Waals surface area contributed by atoms with Crippen molar-refractivity contribution in [3.8, 4) is 0 Å². The predicted octanol–water partition coefficient (Wildman–Crippen LogP) is 11.3. The molecule has 0 aliphatic carbocycles. The standard InChI is InChI=1S/C32H12BF24.C11H17O5S/c34-25(35,36)13-1-14(26(37,38)39)6-21(5-13)33(22-7-15(27(40,41)42)2-16(8-22)28(43,44)45,23-9-17(29(46,47)48)3-18(10-23)30(49,50)51)24-11-19(31(52,53)54)4-20(12-24)32(55,56)57;1-7(12)8(6-17(4)5)9(10(13)15-2)11(14)16-3/h1-12H;6H2,1-5H3/q-1;+1. The molecule has 0 amide bonds. The molecule has 0 aliphatic heterocycles. The lowest BCUT2D eigenvalue weighted by Gasteiger charge is -2.46. The molecule has 0 atom stereocenters. The second kappa shape index (κ2) is 21.3. The first kappa shape index (κ1) is 62.3. The molecule has 0 aliphatic rings. The molecule has 0 saturated heterocycles. The van der Waals surface area contributed by atoms with Crippen LogP contribution in [0.15, 0.2) is 83.9 Å². The summed E-state index contributed by atoms with van der Waals surface area (Å²) in [6.45, 7) is 1.31. The summed E-state index contributed by atoms with van der Waals surface area (Å²) < 4.78 is 350. The van der Waals surface area contributed by atoms with Crippen LogP contribution in [0.2, 0.25) is 0 Å². The fraction of sp³-hybridized carbons (Fsp3) is 0.326. The largest absolute Gasteiger partial charge is 0.465 e. The zero-order valence-corrected chi connectivity index (χ0v) is 38.0. The van der Waals surface area contributed by atoms with Gasteiger partial charge in [0, 0.05) is 0 Å². The molecule has 5 nitrogen and oxygen atoms in total. The number of hydrogen-bond donors (Lipinski definition) is 0. The van der Waals surface area contributed by atoms with Crippen LogP contribution in [0.4, 0.5) is 105 Å². The van der Waals surface area contributed by atoms with E-state index in [-0.39, 0.29) is 27.8 Å². The monoisotopic (exact) mass is 1120 g/mol. The van der Waals surface area contributed by atoms with E-state index in [0.29, 0.717) is 5.75 Å². The van der Waals surface area contributed by atoms with Gasteiger partial charge in [0.25, 0.3) is 0 Å². The number of carbonyl (C=O) groups excluding carboxylic acids is 3. The molecule has 0 N–H and O–H groups in total. The maximum absolute atomic E-state index is 14.2. The van der Waals surface area contributed by atoms with E-state index in [2.05, 4.69) is 9.47 Å². The summed E-state index contributed by atoms with van der Waals surface area (Å²) in [6, 6.07) is -8.81. The third kappa shape index (κ3) is 14.6. The number of carbonyl (C=O) groups is 3. The van der Waals surface area contributed by atoms with Crippen molar-refractivity contribution in [2.75, 3.05) is 32.5 Å². The summed E-state index contributed by atoms with van der Waals surface area (Å²) in [5, 5.41) is 0. The second-order valence-electron chi connectivity index (χ2n) is 15.7. The van der Waals surface area contributed by atoms with Gasteiger partial charge in [0.2, 0.25) is 0 Å². The van der Waals surface area contributed by atoms with Crippen LogP contribution < -0.4 is 21.9 Å². The van der Waals surface area contributed by atoms with E-state index in [1.165, 1.54) is 6.92 Å². The van der Waals surface area contributed by atoms with E-state index in [9.17, 15) is 120 Å². The summed E-state index contributed by atoms with van der Waals surface area (Å²) in [4.78, 5) is 34.5. The van der Waals surface area contributed by atoms with Gasteiger partial charge >= 0.3 is 61.3 Å². The lowest BCUT2D eigenvalue weighted by atomic mass is 9.12. The SMILES string of the molecule is COC(=O)C(C(=O)OC)=C(C[S+](C)C)C(C)=O.FC(F)(F)c1cc([B-](c2cc(C(F)(F)F)cc(C(F)(F)F)c2)(c2cc(C(F)(F)F)cc(C(F)(F)F)c2)c2cc(C(F)(F)F)cc(C(F)(F)F)c2)cc(C(F)(F)F)c1. The van der Waals surface area contributed by atoms with Crippen LogP contribution in [-0.4, -0.2) is 56.4 Å². The van der Waals surface area contributed by atoms with Crippen LogP contribution >= 0.6 is 0 Å². The number of halogens is 24.